The molecule has 1 aromatic rings. The molecule has 1 aromatic carbocycles. The monoisotopic (exact) mass is 344 g/mol. The molecule has 1 atom stereocenters. The van der Waals surface area contributed by atoms with E-state index in [9.17, 15) is 0 Å². The predicted octanol–water partition coefficient (Wildman–Crippen LogP) is 2.68. The molecule has 0 bridgehead atoms. The van der Waals surface area contributed by atoms with Gasteiger partial charge in [-0.15, -0.1) is 0 Å². The fourth-order valence-electron chi connectivity index (χ4n) is 2.42. The Labute approximate surface area is 129 Å². The van der Waals surface area contributed by atoms with Crippen molar-refractivity contribution >= 4 is 40.4 Å². The lowest BCUT2D eigenvalue weighted by Crippen LogP contribution is -2.60. The molecule has 114 valence electrons. The number of rotatable bonds is 7. The quantitative estimate of drug-likeness (QED) is 0.712. The zero-order valence-electron chi connectivity index (χ0n) is 13.8. The minimum absolute atomic E-state index is 0.530. The zero-order valence-corrected chi connectivity index (χ0v) is 18.2. The van der Waals surface area contributed by atoms with Gasteiger partial charge in [-0.25, -0.2) is 0 Å². The maximum absolute atomic E-state index is 6.53. The summed E-state index contributed by atoms with van der Waals surface area (Å²) >= 11 is 0. The van der Waals surface area contributed by atoms with Gasteiger partial charge in [-0.3, -0.25) is 0 Å². The fourth-order valence-corrected chi connectivity index (χ4v) is 17.5. The van der Waals surface area contributed by atoms with E-state index in [1.54, 1.807) is 0 Å². The molecule has 7 heteroatoms. The first-order chi connectivity index (χ1) is 9.08. The van der Waals surface area contributed by atoms with Crippen molar-refractivity contribution in [1.29, 1.82) is 0 Å². The van der Waals surface area contributed by atoms with Gasteiger partial charge in [0.1, 0.15) is 9.76 Å². The van der Waals surface area contributed by atoms with E-state index in [0.717, 1.165) is 0 Å². The van der Waals surface area contributed by atoms with Crippen molar-refractivity contribution in [3.63, 3.8) is 0 Å². The van der Waals surface area contributed by atoms with Gasteiger partial charge in [-0.05, 0) is 44.5 Å². The van der Waals surface area contributed by atoms with Crippen LogP contribution in [0.25, 0.3) is 0 Å². The van der Waals surface area contributed by atoms with Crippen LogP contribution in [-0.2, 0) is 12.3 Å². The van der Waals surface area contributed by atoms with Gasteiger partial charge in [0.05, 0.1) is 0 Å². The van der Waals surface area contributed by atoms with Gasteiger partial charge in [0.15, 0.2) is 8.32 Å². The molecule has 0 saturated carbocycles. The van der Waals surface area contributed by atoms with Crippen molar-refractivity contribution in [2.75, 3.05) is 0 Å². The lowest BCUT2D eigenvalue weighted by atomic mass is 10.4. The molecule has 0 amide bonds. The second-order valence-corrected chi connectivity index (χ2v) is 19.3. The van der Waals surface area contributed by atoms with Crippen molar-refractivity contribution < 1.29 is 12.3 Å². The van der Waals surface area contributed by atoms with E-state index in [2.05, 4.69) is 70.1 Å². The van der Waals surface area contributed by atoms with Gasteiger partial charge in [0.25, 0.3) is 0 Å². The summed E-state index contributed by atoms with van der Waals surface area (Å²) in [6, 6.07) is 10.4. The van der Waals surface area contributed by atoms with Crippen molar-refractivity contribution in [2.24, 2.45) is 0 Å². The molecule has 0 fully saturated rings. The Morgan fingerprint density at radius 2 is 1.40 bits per heavy atom. The van der Waals surface area contributed by atoms with Gasteiger partial charge in [0.2, 0.25) is 0 Å². The zero-order chi connectivity index (χ0) is 15.4. The van der Waals surface area contributed by atoms with Crippen LogP contribution in [0.5, 0.6) is 0 Å². The van der Waals surface area contributed by atoms with Crippen LogP contribution in [0, 0.1) is 0 Å². The van der Waals surface area contributed by atoms with Crippen LogP contribution < -0.4 is 5.19 Å². The molecular formula is C13H28O3Si4. The maximum atomic E-state index is 6.53. The Hall–Kier alpha value is -0.0325. The van der Waals surface area contributed by atoms with E-state index in [4.69, 9.17) is 12.3 Å². The first-order valence-corrected chi connectivity index (χ1v) is 17.7. The lowest BCUT2D eigenvalue weighted by Gasteiger charge is -2.38. The smallest absolute Gasteiger partial charge is 0.349 e. The SMILES string of the molecule is C[SiH2]O[Si](C)(O[Si](C)(C)O[Si](C)(C)C)c1ccccc1. The molecule has 0 aliphatic rings. The molecule has 0 saturated heterocycles. The summed E-state index contributed by atoms with van der Waals surface area (Å²) in [6.45, 7) is 15.2. The Morgan fingerprint density at radius 3 is 1.85 bits per heavy atom. The molecule has 20 heavy (non-hydrogen) atoms. The van der Waals surface area contributed by atoms with Gasteiger partial charge in [-0.1, -0.05) is 36.9 Å². The number of hydrogen-bond acceptors (Lipinski definition) is 3. The molecule has 1 rings (SSSR count). The largest absolute Gasteiger partial charge is 0.439 e. The predicted molar refractivity (Wildman–Crippen MR) is 96.2 cm³/mol. The molecule has 0 heterocycles. The Kier molecular flexibility index (Phi) is 6.14. The summed E-state index contributed by atoms with van der Waals surface area (Å²) in [5.74, 6) is 0. The average Bonchev–Trinajstić information content (AvgIpc) is 2.26. The Balaban J connectivity index is 2.97. The van der Waals surface area contributed by atoms with E-state index >= 15 is 0 Å². The molecule has 0 aromatic heterocycles. The van der Waals surface area contributed by atoms with Crippen molar-refractivity contribution in [3.8, 4) is 0 Å². The van der Waals surface area contributed by atoms with Crippen molar-refractivity contribution in [1.82, 2.24) is 0 Å². The minimum atomic E-state index is -2.34. The third kappa shape index (κ3) is 5.76. The molecule has 0 N–H and O–H groups in total. The summed E-state index contributed by atoms with van der Waals surface area (Å²) < 4.78 is 19.0. The molecule has 0 aliphatic carbocycles. The highest BCUT2D eigenvalue weighted by Gasteiger charge is 2.43. The van der Waals surface area contributed by atoms with E-state index in [0.29, 0.717) is 0 Å². The van der Waals surface area contributed by atoms with Crippen molar-refractivity contribution in [3.05, 3.63) is 30.3 Å². The highest BCUT2D eigenvalue weighted by Crippen LogP contribution is 2.21. The minimum Gasteiger partial charge on any atom is -0.439 e. The van der Waals surface area contributed by atoms with Crippen LogP contribution in [0.4, 0.5) is 0 Å². The standard InChI is InChI=1S/C13H28O3Si4/c1-17-14-20(7,13-11-9-8-10-12-13)16-19(5,6)15-18(2,3)4/h8-12H,17H2,1-7H3. The first-order valence-electron chi connectivity index (χ1n) is 7.18. The topological polar surface area (TPSA) is 27.7 Å². The van der Waals surface area contributed by atoms with E-state index < -0.39 is 35.2 Å². The van der Waals surface area contributed by atoms with Crippen molar-refractivity contribution in [2.45, 2.75) is 45.8 Å². The Bertz CT molecular complexity index is 419. The van der Waals surface area contributed by atoms with Crippen LogP contribution >= 0.6 is 0 Å². The maximum Gasteiger partial charge on any atom is 0.349 e. The molecule has 1 unspecified atom stereocenters. The average molecular weight is 345 g/mol. The summed E-state index contributed by atoms with van der Waals surface area (Å²) in [5, 5.41) is 1.20. The van der Waals surface area contributed by atoms with E-state index in [1.807, 2.05) is 6.07 Å². The third-order valence-electron chi connectivity index (χ3n) is 2.71. The van der Waals surface area contributed by atoms with Gasteiger partial charge in [0, 0.05) is 0 Å². The third-order valence-corrected chi connectivity index (χ3v) is 15.4. The molecule has 0 radical (unpaired) electrons. The second kappa shape index (κ2) is 6.82. The number of hydrogen-bond donors (Lipinski definition) is 0. The molecule has 0 aliphatic heterocycles. The number of benzene rings is 1. The van der Waals surface area contributed by atoms with E-state index in [1.165, 1.54) is 5.19 Å². The second-order valence-electron chi connectivity index (χ2n) is 6.46. The summed E-state index contributed by atoms with van der Waals surface area (Å²) in [4.78, 5) is 0. The van der Waals surface area contributed by atoms with Crippen LogP contribution in [0.1, 0.15) is 0 Å². The van der Waals surface area contributed by atoms with Crippen LogP contribution in [0.3, 0.4) is 0 Å². The van der Waals surface area contributed by atoms with E-state index in [-0.39, 0.29) is 0 Å². The summed E-state index contributed by atoms with van der Waals surface area (Å²) in [7, 11) is -6.65. The van der Waals surface area contributed by atoms with Gasteiger partial charge < -0.3 is 12.3 Å². The van der Waals surface area contributed by atoms with Gasteiger partial charge >= 0.3 is 17.1 Å². The molecule has 3 nitrogen and oxygen atoms in total. The summed E-state index contributed by atoms with van der Waals surface area (Å²) in [6.07, 6.45) is 0. The highest BCUT2D eigenvalue weighted by atomic mass is 28.5. The normalized spacial score (nSPS) is 16.6. The van der Waals surface area contributed by atoms with Crippen LogP contribution in [0.2, 0.25) is 45.8 Å². The summed E-state index contributed by atoms with van der Waals surface area (Å²) in [5.41, 5.74) is 0. The fraction of sp³-hybridized carbons (Fsp3) is 0.538. The lowest BCUT2D eigenvalue weighted by molar-refractivity contribution is 0.344. The van der Waals surface area contributed by atoms with Crippen LogP contribution in [-0.4, -0.2) is 35.2 Å². The Morgan fingerprint density at radius 1 is 0.850 bits per heavy atom. The van der Waals surface area contributed by atoms with Crippen LogP contribution in [0.15, 0.2) is 30.3 Å². The molecular weight excluding hydrogens is 316 g/mol. The highest BCUT2D eigenvalue weighted by molar-refractivity contribution is 6.92. The molecule has 0 spiro atoms. The first kappa shape index (κ1) is 18.0. The van der Waals surface area contributed by atoms with Gasteiger partial charge in [-0.2, -0.15) is 0 Å².